The van der Waals surface area contributed by atoms with Gasteiger partial charge in [-0.25, -0.2) is 9.67 Å². The number of fused-ring (bicyclic) bond motifs is 3. The Morgan fingerprint density at radius 3 is 2.03 bits per heavy atom. The highest BCUT2D eigenvalue weighted by Crippen LogP contribution is 2.37. The number of halogens is 1. The summed E-state index contributed by atoms with van der Waals surface area (Å²) in [7, 11) is 0. The Morgan fingerprint density at radius 1 is 0.727 bits per heavy atom. The van der Waals surface area contributed by atoms with Gasteiger partial charge in [0.1, 0.15) is 0 Å². The summed E-state index contributed by atoms with van der Waals surface area (Å²) in [5.41, 5.74) is 7.94. The highest BCUT2D eigenvalue weighted by atomic mass is 35.5. The monoisotopic (exact) mass is 457 g/mol. The quantitative estimate of drug-likeness (QED) is 0.303. The van der Waals surface area contributed by atoms with Crippen LogP contribution in [0.25, 0.3) is 28.0 Å². The molecule has 0 fully saturated rings. The number of pyridine rings is 1. The van der Waals surface area contributed by atoms with Crippen LogP contribution in [0.5, 0.6) is 0 Å². The summed E-state index contributed by atoms with van der Waals surface area (Å²) in [5.74, 6) is 0. The molecule has 0 spiro atoms. The first-order chi connectivity index (χ1) is 16.2. The minimum Gasteiger partial charge on any atom is -0.228 e. The number of rotatable bonds is 2. The first kappa shape index (κ1) is 22.2. The number of hydrogen-bond acceptors (Lipinski definition) is 2. The Kier molecular flexibility index (Phi) is 6.78. The molecule has 4 heteroatoms. The first-order valence-corrected chi connectivity index (χ1v) is 12.8. The van der Waals surface area contributed by atoms with Crippen LogP contribution in [0.1, 0.15) is 68.2 Å². The van der Waals surface area contributed by atoms with Crippen molar-refractivity contribution < 1.29 is 0 Å². The molecule has 2 aromatic carbocycles. The van der Waals surface area contributed by atoms with Gasteiger partial charge in [0.25, 0.3) is 0 Å². The van der Waals surface area contributed by atoms with E-state index in [1.165, 1.54) is 67.9 Å². The molecule has 2 heterocycles. The molecule has 0 saturated carbocycles. The van der Waals surface area contributed by atoms with Crippen LogP contribution in [-0.2, 0) is 12.8 Å². The zero-order valence-electron chi connectivity index (χ0n) is 19.5. The molecule has 0 radical (unpaired) electrons. The number of aryl methyl sites for hydroxylation is 2. The highest BCUT2D eigenvalue weighted by Gasteiger charge is 2.23. The van der Waals surface area contributed by atoms with Crippen molar-refractivity contribution in [1.29, 1.82) is 0 Å². The summed E-state index contributed by atoms with van der Waals surface area (Å²) < 4.78 is 2.02. The van der Waals surface area contributed by atoms with Gasteiger partial charge in [0.2, 0.25) is 0 Å². The van der Waals surface area contributed by atoms with Gasteiger partial charge in [-0.2, -0.15) is 5.10 Å². The average Bonchev–Trinajstić information content (AvgIpc) is 3.16. The summed E-state index contributed by atoms with van der Waals surface area (Å²) in [4.78, 5) is 5.30. The van der Waals surface area contributed by atoms with Crippen LogP contribution in [0, 0.1) is 6.92 Å². The molecular formula is C29H32ClN3. The number of aromatic nitrogens is 3. The number of nitrogens with zero attached hydrogens (tertiary/aromatic N) is 3. The normalized spacial score (nSPS) is 15.6. The average molecular weight is 458 g/mol. The Balaban J connectivity index is 1.77. The van der Waals surface area contributed by atoms with E-state index in [1.54, 1.807) is 0 Å². The molecule has 0 amide bonds. The molecule has 2 aromatic heterocycles. The lowest BCUT2D eigenvalue weighted by Crippen LogP contribution is -2.06. The van der Waals surface area contributed by atoms with Crippen molar-refractivity contribution in [2.45, 2.75) is 71.1 Å². The molecule has 33 heavy (non-hydrogen) atoms. The molecular weight excluding hydrogens is 426 g/mol. The third-order valence-corrected chi connectivity index (χ3v) is 7.27. The largest absolute Gasteiger partial charge is 0.228 e. The standard InChI is InChI=1S/C29H32ClN3/c1-21-27-23-17-11-6-4-2-3-5-7-12-18-24(23)28(25-19-13-14-20-26(25)30)31-29(27)33(32-21)22-15-9-8-10-16-22/h8-10,13-16,19-20H,2-7,11-12,17-18H2,1H3. The van der Waals surface area contributed by atoms with Gasteiger partial charge in [0.05, 0.1) is 17.1 Å². The van der Waals surface area contributed by atoms with E-state index in [0.29, 0.717) is 0 Å². The number of benzene rings is 2. The van der Waals surface area contributed by atoms with Gasteiger partial charge in [-0.05, 0) is 61.9 Å². The maximum atomic E-state index is 6.73. The lowest BCUT2D eigenvalue weighted by Gasteiger charge is -2.18. The lowest BCUT2D eigenvalue weighted by atomic mass is 9.90. The molecule has 3 nitrogen and oxygen atoms in total. The van der Waals surface area contributed by atoms with Gasteiger partial charge >= 0.3 is 0 Å². The molecule has 0 unspecified atom stereocenters. The molecule has 0 aliphatic heterocycles. The van der Waals surface area contributed by atoms with Crippen LogP contribution in [0.2, 0.25) is 5.02 Å². The van der Waals surface area contributed by atoms with Gasteiger partial charge in [-0.15, -0.1) is 0 Å². The van der Waals surface area contributed by atoms with Gasteiger partial charge in [-0.1, -0.05) is 86.5 Å². The van der Waals surface area contributed by atoms with E-state index in [9.17, 15) is 0 Å². The molecule has 4 aromatic rings. The molecule has 5 rings (SSSR count). The summed E-state index contributed by atoms with van der Waals surface area (Å²) in [6.07, 6.45) is 12.5. The van der Waals surface area contributed by atoms with E-state index in [0.717, 1.165) is 46.2 Å². The van der Waals surface area contributed by atoms with Crippen LogP contribution < -0.4 is 0 Å². The highest BCUT2D eigenvalue weighted by molar-refractivity contribution is 6.33. The van der Waals surface area contributed by atoms with Crippen LogP contribution in [0.3, 0.4) is 0 Å². The van der Waals surface area contributed by atoms with Crippen molar-refractivity contribution >= 4 is 22.6 Å². The molecule has 0 N–H and O–H groups in total. The minimum atomic E-state index is 0.764. The summed E-state index contributed by atoms with van der Waals surface area (Å²) in [6.45, 7) is 2.13. The Labute approximate surface area is 201 Å². The van der Waals surface area contributed by atoms with E-state index >= 15 is 0 Å². The van der Waals surface area contributed by atoms with Crippen molar-refractivity contribution in [2.75, 3.05) is 0 Å². The first-order valence-electron chi connectivity index (χ1n) is 12.5. The Morgan fingerprint density at radius 2 is 1.33 bits per heavy atom. The minimum absolute atomic E-state index is 0.764. The zero-order chi connectivity index (χ0) is 22.6. The fourth-order valence-electron chi connectivity index (χ4n) is 5.27. The topological polar surface area (TPSA) is 30.7 Å². The third kappa shape index (κ3) is 4.56. The van der Waals surface area contributed by atoms with Crippen molar-refractivity contribution in [2.24, 2.45) is 0 Å². The third-order valence-electron chi connectivity index (χ3n) is 6.94. The summed E-state index contributed by atoms with van der Waals surface area (Å²) in [6, 6.07) is 18.5. The molecule has 1 aliphatic rings. The molecule has 0 atom stereocenters. The van der Waals surface area contributed by atoms with E-state index in [-0.39, 0.29) is 0 Å². The van der Waals surface area contributed by atoms with Crippen LogP contribution >= 0.6 is 11.6 Å². The summed E-state index contributed by atoms with van der Waals surface area (Å²) in [5, 5.41) is 6.98. The smallest absolute Gasteiger partial charge is 0.164 e. The Hall–Kier alpha value is -2.65. The second-order valence-corrected chi connectivity index (χ2v) is 9.66. The maximum Gasteiger partial charge on any atom is 0.164 e. The van der Waals surface area contributed by atoms with Gasteiger partial charge in [0.15, 0.2) is 5.65 Å². The van der Waals surface area contributed by atoms with Crippen LogP contribution in [0.15, 0.2) is 54.6 Å². The number of hydrogen-bond donors (Lipinski definition) is 0. The van der Waals surface area contributed by atoms with Gasteiger partial charge < -0.3 is 0 Å². The van der Waals surface area contributed by atoms with Gasteiger partial charge in [-0.3, -0.25) is 0 Å². The Bertz CT molecular complexity index is 1240. The van der Waals surface area contributed by atoms with E-state index < -0.39 is 0 Å². The molecule has 0 saturated heterocycles. The zero-order valence-corrected chi connectivity index (χ0v) is 20.2. The van der Waals surface area contributed by atoms with Crippen LogP contribution in [0.4, 0.5) is 0 Å². The fourth-order valence-corrected chi connectivity index (χ4v) is 5.50. The van der Waals surface area contributed by atoms with Gasteiger partial charge in [0, 0.05) is 16.0 Å². The molecule has 170 valence electrons. The van der Waals surface area contributed by atoms with Crippen molar-refractivity contribution in [3.63, 3.8) is 0 Å². The maximum absolute atomic E-state index is 6.73. The molecule has 0 bridgehead atoms. The van der Waals surface area contributed by atoms with E-state index in [2.05, 4.69) is 43.3 Å². The van der Waals surface area contributed by atoms with Crippen molar-refractivity contribution in [1.82, 2.24) is 14.8 Å². The summed E-state index contributed by atoms with van der Waals surface area (Å²) >= 11 is 6.73. The lowest BCUT2D eigenvalue weighted by molar-refractivity contribution is 0.560. The van der Waals surface area contributed by atoms with Crippen molar-refractivity contribution in [3.05, 3.63) is 76.4 Å². The fraction of sp³-hybridized carbons (Fsp3) is 0.379. The number of para-hydroxylation sites is 1. The van der Waals surface area contributed by atoms with E-state index in [4.69, 9.17) is 21.7 Å². The van der Waals surface area contributed by atoms with E-state index in [1.807, 2.05) is 22.9 Å². The SMILES string of the molecule is Cc1nn(-c2ccccc2)c2nc(-c3ccccc3Cl)c3c(c12)CCCCCCCCCC3. The van der Waals surface area contributed by atoms with Crippen LogP contribution in [-0.4, -0.2) is 14.8 Å². The molecule has 1 aliphatic carbocycles. The second-order valence-electron chi connectivity index (χ2n) is 9.26. The predicted molar refractivity (Wildman–Crippen MR) is 138 cm³/mol. The second kappa shape index (κ2) is 10.1. The predicted octanol–water partition coefficient (Wildman–Crippen LogP) is 8.27. The van der Waals surface area contributed by atoms with Crippen molar-refractivity contribution in [3.8, 4) is 16.9 Å².